The number of likely N-dealkylation sites (N-methyl/N-ethyl adjacent to an activating group) is 1. The van der Waals surface area contributed by atoms with Crippen LogP contribution in [0.2, 0.25) is 0 Å². The first-order chi connectivity index (χ1) is 12.6. The average Bonchev–Trinajstić information content (AvgIpc) is 2.94. The number of hydrogen-bond acceptors (Lipinski definition) is 5. The second-order valence-electron chi connectivity index (χ2n) is 6.30. The number of amides is 2. The number of nitrogens with zero attached hydrogens (tertiary/aromatic N) is 1. The fourth-order valence-electron chi connectivity index (χ4n) is 2.76. The summed E-state index contributed by atoms with van der Waals surface area (Å²) in [5.41, 5.74) is 2.30. The fourth-order valence-corrected chi connectivity index (χ4v) is 3.62. The minimum Gasteiger partial charge on any atom is -0.492 e. The van der Waals surface area contributed by atoms with E-state index in [1.807, 2.05) is 42.5 Å². The second kappa shape index (κ2) is 8.87. The fraction of sp³-hybridized carbons (Fsp3) is 0.300. The molecule has 0 bridgehead atoms. The van der Waals surface area contributed by atoms with Crippen molar-refractivity contribution in [2.75, 3.05) is 20.2 Å². The summed E-state index contributed by atoms with van der Waals surface area (Å²) in [7, 11) is 2.07. The highest BCUT2D eigenvalue weighted by atomic mass is 32.2. The van der Waals surface area contributed by atoms with E-state index in [0.29, 0.717) is 13.0 Å². The molecule has 0 radical (unpaired) electrons. The van der Waals surface area contributed by atoms with E-state index in [1.54, 1.807) is 0 Å². The molecule has 1 atom stereocenters. The SMILES string of the molecule is CN(CCOc1ccc(C[C@@H]2SC(=O)NC2=O)cc1)Cc1ccccc1. The molecular weight excluding hydrogens is 348 g/mol. The van der Waals surface area contributed by atoms with Crippen molar-refractivity contribution in [2.24, 2.45) is 0 Å². The van der Waals surface area contributed by atoms with Crippen LogP contribution in [-0.4, -0.2) is 41.5 Å². The average molecular weight is 370 g/mol. The molecule has 0 unspecified atom stereocenters. The quantitative estimate of drug-likeness (QED) is 0.774. The van der Waals surface area contributed by atoms with E-state index < -0.39 is 0 Å². The van der Waals surface area contributed by atoms with Crippen LogP contribution in [0.5, 0.6) is 5.75 Å². The van der Waals surface area contributed by atoms with Gasteiger partial charge in [0, 0.05) is 13.1 Å². The van der Waals surface area contributed by atoms with Gasteiger partial charge >= 0.3 is 0 Å². The van der Waals surface area contributed by atoms with Gasteiger partial charge in [-0.2, -0.15) is 0 Å². The number of hydrogen-bond donors (Lipinski definition) is 1. The molecule has 1 aliphatic rings. The first kappa shape index (κ1) is 18.5. The zero-order valence-electron chi connectivity index (χ0n) is 14.7. The van der Waals surface area contributed by atoms with E-state index in [1.165, 1.54) is 5.56 Å². The minimum atomic E-state index is -0.332. The third-order valence-electron chi connectivity index (χ3n) is 4.15. The Labute approximate surface area is 157 Å². The van der Waals surface area contributed by atoms with Crippen LogP contribution >= 0.6 is 11.8 Å². The molecule has 136 valence electrons. The lowest BCUT2D eigenvalue weighted by molar-refractivity contribution is -0.118. The van der Waals surface area contributed by atoms with Crippen LogP contribution in [0.15, 0.2) is 54.6 Å². The number of nitrogens with one attached hydrogen (secondary N) is 1. The highest BCUT2D eigenvalue weighted by molar-refractivity contribution is 8.15. The van der Waals surface area contributed by atoms with Gasteiger partial charge in [0.2, 0.25) is 5.91 Å². The molecule has 1 N–H and O–H groups in total. The van der Waals surface area contributed by atoms with E-state index in [9.17, 15) is 9.59 Å². The summed E-state index contributed by atoms with van der Waals surface area (Å²) in [6.07, 6.45) is 0.544. The first-order valence-electron chi connectivity index (χ1n) is 8.56. The van der Waals surface area contributed by atoms with E-state index in [4.69, 9.17) is 4.74 Å². The van der Waals surface area contributed by atoms with Gasteiger partial charge in [-0.25, -0.2) is 0 Å². The molecule has 5 nitrogen and oxygen atoms in total. The lowest BCUT2D eigenvalue weighted by atomic mass is 10.1. The van der Waals surface area contributed by atoms with Crippen LogP contribution < -0.4 is 10.1 Å². The Morgan fingerprint density at radius 2 is 1.77 bits per heavy atom. The Kier molecular flexibility index (Phi) is 6.30. The summed E-state index contributed by atoms with van der Waals surface area (Å²) in [6, 6.07) is 18.1. The summed E-state index contributed by atoms with van der Waals surface area (Å²) in [5, 5.41) is 1.71. The maximum Gasteiger partial charge on any atom is 0.286 e. The van der Waals surface area contributed by atoms with Crippen LogP contribution in [-0.2, 0) is 17.8 Å². The van der Waals surface area contributed by atoms with Crippen LogP contribution in [0.25, 0.3) is 0 Å². The molecular formula is C20H22N2O3S. The zero-order valence-corrected chi connectivity index (χ0v) is 15.5. The van der Waals surface area contributed by atoms with E-state index in [0.717, 1.165) is 36.2 Å². The number of carbonyl (C=O) groups excluding carboxylic acids is 2. The third-order valence-corrected chi connectivity index (χ3v) is 5.13. The molecule has 2 aromatic rings. The van der Waals surface area contributed by atoms with Gasteiger partial charge in [-0.05, 0) is 36.7 Å². The van der Waals surface area contributed by atoms with Crippen LogP contribution in [0, 0.1) is 0 Å². The second-order valence-corrected chi connectivity index (χ2v) is 7.48. The Hall–Kier alpha value is -2.31. The number of benzene rings is 2. The van der Waals surface area contributed by atoms with Crippen molar-refractivity contribution in [2.45, 2.75) is 18.2 Å². The maximum absolute atomic E-state index is 11.6. The first-order valence-corrected chi connectivity index (χ1v) is 9.44. The zero-order chi connectivity index (χ0) is 18.4. The smallest absolute Gasteiger partial charge is 0.286 e. The highest BCUT2D eigenvalue weighted by Crippen LogP contribution is 2.23. The number of ether oxygens (including phenoxy) is 1. The molecule has 1 heterocycles. The third kappa shape index (κ3) is 5.34. The minimum absolute atomic E-state index is 0.207. The van der Waals surface area contributed by atoms with Crippen LogP contribution in [0.3, 0.4) is 0 Å². The van der Waals surface area contributed by atoms with E-state index in [-0.39, 0.29) is 16.4 Å². The summed E-state index contributed by atoms with van der Waals surface area (Å²) in [4.78, 5) is 25.0. The molecule has 1 aliphatic heterocycles. The summed E-state index contributed by atoms with van der Waals surface area (Å²) < 4.78 is 5.80. The number of thioether (sulfide) groups is 1. The van der Waals surface area contributed by atoms with Gasteiger partial charge in [-0.3, -0.25) is 19.8 Å². The van der Waals surface area contributed by atoms with Crippen LogP contribution in [0.1, 0.15) is 11.1 Å². The standard InChI is InChI=1S/C20H22N2O3S/c1-22(14-16-5-3-2-4-6-16)11-12-25-17-9-7-15(8-10-17)13-18-19(23)21-20(24)26-18/h2-10,18H,11-14H2,1H3,(H,21,23,24)/t18-/m0/s1. The van der Waals surface area contributed by atoms with Crippen molar-refractivity contribution in [1.82, 2.24) is 10.2 Å². The molecule has 1 fully saturated rings. The van der Waals surface area contributed by atoms with Gasteiger partial charge in [0.15, 0.2) is 0 Å². The molecule has 3 rings (SSSR count). The van der Waals surface area contributed by atoms with Crippen molar-refractivity contribution >= 4 is 22.9 Å². The maximum atomic E-state index is 11.6. The Balaban J connectivity index is 1.41. The van der Waals surface area contributed by atoms with Gasteiger partial charge < -0.3 is 4.74 Å². The molecule has 0 aliphatic carbocycles. The number of imide groups is 1. The molecule has 0 spiro atoms. The van der Waals surface area contributed by atoms with E-state index >= 15 is 0 Å². The van der Waals surface area contributed by atoms with Gasteiger partial charge in [0.1, 0.15) is 12.4 Å². The summed E-state index contributed by atoms with van der Waals surface area (Å²) >= 11 is 1.05. The van der Waals surface area contributed by atoms with Crippen molar-refractivity contribution in [3.8, 4) is 5.75 Å². The van der Waals surface area contributed by atoms with Gasteiger partial charge in [0.25, 0.3) is 5.24 Å². The lowest BCUT2D eigenvalue weighted by Crippen LogP contribution is -2.25. The molecule has 6 heteroatoms. The van der Waals surface area contributed by atoms with E-state index in [2.05, 4.69) is 29.4 Å². The normalized spacial score (nSPS) is 16.8. The van der Waals surface area contributed by atoms with Crippen molar-refractivity contribution < 1.29 is 14.3 Å². The van der Waals surface area contributed by atoms with Crippen molar-refractivity contribution in [3.05, 3.63) is 65.7 Å². The van der Waals surface area contributed by atoms with Crippen molar-refractivity contribution in [3.63, 3.8) is 0 Å². The largest absolute Gasteiger partial charge is 0.492 e. The van der Waals surface area contributed by atoms with Crippen LogP contribution in [0.4, 0.5) is 4.79 Å². The molecule has 2 aromatic carbocycles. The lowest BCUT2D eigenvalue weighted by Gasteiger charge is -2.17. The predicted molar refractivity (Wildman–Crippen MR) is 103 cm³/mol. The van der Waals surface area contributed by atoms with Gasteiger partial charge in [0.05, 0.1) is 5.25 Å². The molecule has 0 saturated carbocycles. The van der Waals surface area contributed by atoms with Gasteiger partial charge in [-0.1, -0.05) is 54.2 Å². The Bertz CT molecular complexity index is 749. The number of rotatable bonds is 8. The molecule has 26 heavy (non-hydrogen) atoms. The Morgan fingerprint density at radius 1 is 1.04 bits per heavy atom. The molecule has 1 saturated heterocycles. The molecule has 2 amide bonds. The Morgan fingerprint density at radius 3 is 2.42 bits per heavy atom. The van der Waals surface area contributed by atoms with Crippen molar-refractivity contribution in [1.29, 1.82) is 0 Å². The topological polar surface area (TPSA) is 58.6 Å². The summed E-state index contributed by atoms with van der Waals surface area (Å²) in [5.74, 6) is 0.600. The number of carbonyl (C=O) groups is 2. The monoisotopic (exact) mass is 370 g/mol. The highest BCUT2D eigenvalue weighted by Gasteiger charge is 2.31. The van der Waals surface area contributed by atoms with Gasteiger partial charge in [-0.15, -0.1) is 0 Å². The predicted octanol–water partition coefficient (Wildman–Crippen LogP) is 3.09. The summed E-state index contributed by atoms with van der Waals surface area (Å²) in [6.45, 7) is 2.33. The molecule has 0 aromatic heterocycles.